The van der Waals surface area contributed by atoms with Crippen LogP contribution in [0.3, 0.4) is 0 Å². The number of amides is 1. The molecule has 0 radical (unpaired) electrons. The van der Waals surface area contributed by atoms with Crippen molar-refractivity contribution in [1.29, 1.82) is 4.78 Å². The van der Waals surface area contributed by atoms with Crippen LogP contribution in [0, 0.1) is 10.7 Å². The lowest BCUT2D eigenvalue weighted by atomic mass is 9.92. The van der Waals surface area contributed by atoms with Crippen LogP contribution in [0.25, 0.3) is 0 Å². The SMILES string of the molecule is C[C@@H]1[C@@H](CS(C)(=N)=O)CN1C(=O)OC(C)(C)C. The number of hydrogen-bond acceptors (Lipinski definition) is 4. The number of carbonyl (C=O) groups is 1. The predicted octanol–water partition coefficient (Wildman–Crippen LogP) is 1.92. The molecule has 1 saturated heterocycles. The number of rotatable bonds is 2. The molecule has 0 spiro atoms. The third kappa shape index (κ3) is 4.18. The summed E-state index contributed by atoms with van der Waals surface area (Å²) in [5, 5.41) is 0. The number of carbonyl (C=O) groups excluding carboxylic acids is 1. The molecule has 0 saturated carbocycles. The number of nitrogens with one attached hydrogen (secondary N) is 1. The Kier molecular flexibility index (Phi) is 3.76. The molecule has 1 amide bonds. The Morgan fingerprint density at radius 1 is 1.53 bits per heavy atom. The van der Waals surface area contributed by atoms with Crippen LogP contribution < -0.4 is 0 Å². The summed E-state index contributed by atoms with van der Waals surface area (Å²) in [5.41, 5.74) is -0.490. The van der Waals surface area contributed by atoms with Crippen molar-refractivity contribution in [3.05, 3.63) is 0 Å². The van der Waals surface area contributed by atoms with Crippen molar-refractivity contribution in [1.82, 2.24) is 4.90 Å². The van der Waals surface area contributed by atoms with E-state index in [-0.39, 0.29) is 18.1 Å². The van der Waals surface area contributed by atoms with E-state index in [2.05, 4.69) is 0 Å². The molecule has 0 aromatic rings. The number of likely N-dealkylation sites (tertiary alicyclic amines) is 1. The summed E-state index contributed by atoms with van der Waals surface area (Å²) in [6, 6.07) is 0.0102. The summed E-state index contributed by atoms with van der Waals surface area (Å²) in [7, 11) is -2.48. The molecule has 1 rings (SSSR count). The maximum Gasteiger partial charge on any atom is 0.410 e. The molecule has 1 aliphatic heterocycles. The van der Waals surface area contributed by atoms with Crippen LogP contribution >= 0.6 is 0 Å². The fraction of sp³-hybridized carbons (Fsp3) is 0.909. The Hall–Kier alpha value is -0.780. The molecule has 3 atom stereocenters. The molecule has 5 nitrogen and oxygen atoms in total. The van der Waals surface area contributed by atoms with E-state index in [0.717, 1.165) is 0 Å². The van der Waals surface area contributed by atoms with Gasteiger partial charge in [0, 0.05) is 40.2 Å². The van der Waals surface area contributed by atoms with E-state index >= 15 is 0 Å². The monoisotopic (exact) mass is 262 g/mol. The van der Waals surface area contributed by atoms with Crippen LogP contribution in [0.5, 0.6) is 0 Å². The molecule has 1 aliphatic rings. The fourth-order valence-electron chi connectivity index (χ4n) is 1.85. The van der Waals surface area contributed by atoms with Gasteiger partial charge < -0.3 is 9.64 Å². The normalized spacial score (nSPS) is 28.2. The minimum atomic E-state index is -2.48. The van der Waals surface area contributed by atoms with Crippen LogP contribution in [0.4, 0.5) is 4.79 Å². The smallest absolute Gasteiger partial charge is 0.410 e. The zero-order chi connectivity index (χ0) is 13.4. The summed E-state index contributed by atoms with van der Waals surface area (Å²) in [6.45, 7) is 7.93. The molecule has 17 heavy (non-hydrogen) atoms. The van der Waals surface area contributed by atoms with Crippen molar-refractivity contribution in [2.75, 3.05) is 18.6 Å². The third-order valence-corrected chi connectivity index (χ3v) is 3.83. The van der Waals surface area contributed by atoms with Crippen molar-refractivity contribution in [3.63, 3.8) is 0 Å². The first kappa shape index (κ1) is 14.3. The topological polar surface area (TPSA) is 70.5 Å². The van der Waals surface area contributed by atoms with Crippen LogP contribution in [0.15, 0.2) is 0 Å². The average molecular weight is 262 g/mol. The standard InChI is InChI=1S/C11H22N2O3S/c1-8-9(7-17(5,12)15)6-13(8)10(14)16-11(2,3)4/h8-9,12H,6-7H2,1-5H3/t8-,9-,17?/m1/s1. The van der Waals surface area contributed by atoms with Gasteiger partial charge in [-0.05, 0) is 27.7 Å². The fourth-order valence-corrected chi connectivity index (χ4v) is 3.05. The van der Waals surface area contributed by atoms with Crippen LogP contribution in [-0.2, 0) is 14.5 Å². The molecule has 1 N–H and O–H groups in total. The molecular weight excluding hydrogens is 240 g/mol. The molecule has 0 bridgehead atoms. The van der Waals surface area contributed by atoms with Gasteiger partial charge in [0.15, 0.2) is 0 Å². The molecule has 1 unspecified atom stereocenters. The number of hydrogen-bond donors (Lipinski definition) is 1. The van der Waals surface area contributed by atoms with E-state index in [0.29, 0.717) is 12.3 Å². The van der Waals surface area contributed by atoms with E-state index in [1.807, 2.05) is 27.7 Å². The summed E-state index contributed by atoms with van der Waals surface area (Å²) in [6.07, 6.45) is 1.12. The Morgan fingerprint density at radius 2 is 2.06 bits per heavy atom. The lowest BCUT2D eigenvalue weighted by Crippen LogP contribution is -2.59. The largest absolute Gasteiger partial charge is 0.444 e. The highest BCUT2D eigenvalue weighted by Gasteiger charge is 2.41. The Bertz CT molecular complexity index is 397. The highest BCUT2D eigenvalue weighted by molar-refractivity contribution is 7.91. The van der Waals surface area contributed by atoms with Crippen molar-refractivity contribution < 1.29 is 13.7 Å². The lowest BCUT2D eigenvalue weighted by molar-refractivity contribution is -0.0201. The predicted molar refractivity (Wildman–Crippen MR) is 67.5 cm³/mol. The van der Waals surface area contributed by atoms with E-state index in [1.165, 1.54) is 6.26 Å². The van der Waals surface area contributed by atoms with Gasteiger partial charge in [0.2, 0.25) is 0 Å². The molecule has 1 fully saturated rings. The quantitative estimate of drug-likeness (QED) is 0.826. The third-order valence-electron chi connectivity index (χ3n) is 2.77. The van der Waals surface area contributed by atoms with Gasteiger partial charge in [0.25, 0.3) is 0 Å². The maximum atomic E-state index is 11.7. The van der Waals surface area contributed by atoms with Crippen molar-refractivity contribution in [2.24, 2.45) is 5.92 Å². The summed E-state index contributed by atoms with van der Waals surface area (Å²) >= 11 is 0. The number of nitrogens with zero attached hydrogens (tertiary/aromatic N) is 1. The van der Waals surface area contributed by atoms with Crippen molar-refractivity contribution >= 4 is 15.8 Å². The Labute approximate surface area is 103 Å². The second kappa shape index (κ2) is 4.48. The Balaban J connectivity index is 2.50. The van der Waals surface area contributed by atoms with Crippen LogP contribution in [0.1, 0.15) is 27.7 Å². The second-order valence-corrected chi connectivity index (χ2v) is 8.15. The summed E-state index contributed by atoms with van der Waals surface area (Å²) in [5.74, 6) is 0.505. The van der Waals surface area contributed by atoms with Crippen molar-refractivity contribution in [3.8, 4) is 0 Å². The highest BCUT2D eigenvalue weighted by atomic mass is 32.2. The minimum Gasteiger partial charge on any atom is -0.444 e. The molecule has 1 heterocycles. The van der Waals surface area contributed by atoms with E-state index < -0.39 is 15.3 Å². The first-order valence-electron chi connectivity index (χ1n) is 5.71. The minimum absolute atomic E-state index is 0.0102. The zero-order valence-corrected chi connectivity index (χ0v) is 12.0. The molecular formula is C11H22N2O3S. The van der Waals surface area contributed by atoms with Gasteiger partial charge in [-0.1, -0.05) is 0 Å². The zero-order valence-electron chi connectivity index (χ0n) is 11.1. The first-order chi connectivity index (χ1) is 7.49. The van der Waals surface area contributed by atoms with Crippen molar-refractivity contribution in [2.45, 2.75) is 39.3 Å². The van der Waals surface area contributed by atoms with Gasteiger partial charge in [0.1, 0.15) is 5.60 Å². The number of ether oxygens (including phenoxy) is 1. The maximum absolute atomic E-state index is 11.7. The van der Waals surface area contributed by atoms with E-state index in [4.69, 9.17) is 9.52 Å². The highest BCUT2D eigenvalue weighted by Crippen LogP contribution is 2.27. The first-order valence-corrected chi connectivity index (χ1v) is 7.84. The molecule has 6 heteroatoms. The molecule has 0 aromatic heterocycles. The Morgan fingerprint density at radius 3 is 2.41 bits per heavy atom. The lowest BCUT2D eigenvalue weighted by Gasteiger charge is -2.46. The summed E-state index contributed by atoms with van der Waals surface area (Å²) < 4.78 is 24.0. The molecule has 0 aromatic carbocycles. The van der Waals surface area contributed by atoms with Gasteiger partial charge >= 0.3 is 6.09 Å². The molecule has 100 valence electrons. The van der Waals surface area contributed by atoms with Crippen LogP contribution in [0.2, 0.25) is 0 Å². The average Bonchev–Trinajstić information content (AvgIpc) is 2.06. The second-order valence-electron chi connectivity index (χ2n) is 5.81. The van der Waals surface area contributed by atoms with E-state index in [9.17, 15) is 9.00 Å². The van der Waals surface area contributed by atoms with Gasteiger partial charge in [-0.3, -0.25) is 8.99 Å². The van der Waals surface area contributed by atoms with Gasteiger partial charge in [0.05, 0.1) is 0 Å². The molecule has 0 aliphatic carbocycles. The van der Waals surface area contributed by atoms with Crippen LogP contribution in [-0.4, -0.2) is 45.4 Å². The van der Waals surface area contributed by atoms with Gasteiger partial charge in [-0.25, -0.2) is 4.79 Å². The van der Waals surface area contributed by atoms with Gasteiger partial charge in [-0.2, -0.15) is 0 Å². The summed E-state index contributed by atoms with van der Waals surface area (Å²) in [4.78, 5) is 13.4. The van der Waals surface area contributed by atoms with Gasteiger partial charge in [-0.15, -0.1) is 0 Å². The van der Waals surface area contributed by atoms with E-state index in [1.54, 1.807) is 4.90 Å².